The van der Waals surface area contributed by atoms with Gasteiger partial charge in [0.05, 0.1) is 22.6 Å². The van der Waals surface area contributed by atoms with E-state index in [0.29, 0.717) is 44.0 Å². The average molecular weight is 509 g/mol. The van der Waals surface area contributed by atoms with E-state index in [-0.39, 0.29) is 17.4 Å². The van der Waals surface area contributed by atoms with E-state index in [1.807, 2.05) is 29.2 Å². The van der Waals surface area contributed by atoms with Gasteiger partial charge in [-0.25, -0.2) is 0 Å². The lowest BCUT2D eigenvalue weighted by Crippen LogP contribution is -2.46. The van der Waals surface area contributed by atoms with Gasteiger partial charge < -0.3 is 14.7 Å². The summed E-state index contributed by atoms with van der Waals surface area (Å²) >= 11 is 0. The van der Waals surface area contributed by atoms with Crippen LogP contribution in [0.2, 0.25) is 0 Å². The van der Waals surface area contributed by atoms with E-state index >= 15 is 0 Å². The van der Waals surface area contributed by atoms with E-state index in [1.54, 1.807) is 30.5 Å². The molecule has 0 saturated carbocycles. The molecule has 5 rings (SSSR count). The quantitative estimate of drug-likeness (QED) is 0.403. The number of hydrogen-bond acceptors (Lipinski definition) is 7. The SMILES string of the molecule is O=C(Nc1cc(C(F)(F)F)ccc1N1CCN(Cc2ccccn2)CC1)c1nc(-c2ccccc2)no1. The number of amides is 1. The first-order valence-corrected chi connectivity index (χ1v) is 11.7. The van der Waals surface area contributed by atoms with Crippen molar-refractivity contribution in [3.8, 4) is 11.4 Å². The van der Waals surface area contributed by atoms with Gasteiger partial charge in [0.2, 0.25) is 5.82 Å². The highest BCUT2D eigenvalue weighted by atomic mass is 19.4. The van der Waals surface area contributed by atoms with Gasteiger partial charge in [0, 0.05) is 44.5 Å². The highest BCUT2D eigenvalue weighted by Gasteiger charge is 2.32. The third-order valence-electron chi connectivity index (χ3n) is 6.05. The van der Waals surface area contributed by atoms with Crippen LogP contribution >= 0.6 is 0 Å². The van der Waals surface area contributed by atoms with Crippen molar-refractivity contribution in [3.63, 3.8) is 0 Å². The maximum atomic E-state index is 13.5. The zero-order valence-electron chi connectivity index (χ0n) is 19.7. The van der Waals surface area contributed by atoms with Gasteiger partial charge >= 0.3 is 18.0 Å². The van der Waals surface area contributed by atoms with Gasteiger partial charge in [0.1, 0.15) is 0 Å². The minimum Gasteiger partial charge on any atom is -0.367 e. The molecule has 0 unspecified atom stereocenters. The Kier molecular flexibility index (Phi) is 6.87. The highest BCUT2D eigenvalue weighted by Crippen LogP contribution is 2.36. The maximum Gasteiger partial charge on any atom is 0.416 e. The Morgan fingerprint density at radius 2 is 1.73 bits per heavy atom. The van der Waals surface area contributed by atoms with Crippen molar-refractivity contribution in [2.24, 2.45) is 0 Å². The number of piperazine rings is 1. The Bertz CT molecular complexity index is 1350. The summed E-state index contributed by atoms with van der Waals surface area (Å²) in [6.45, 7) is 3.20. The first-order valence-electron chi connectivity index (χ1n) is 11.7. The molecule has 4 aromatic rings. The summed E-state index contributed by atoms with van der Waals surface area (Å²) in [6, 6.07) is 18.0. The van der Waals surface area contributed by atoms with Crippen molar-refractivity contribution in [2.45, 2.75) is 12.7 Å². The molecule has 37 heavy (non-hydrogen) atoms. The molecule has 0 radical (unpaired) electrons. The summed E-state index contributed by atoms with van der Waals surface area (Å²) in [5.41, 5.74) is 1.25. The second kappa shape index (κ2) is 10.4. The molecule has 190 valence electrons. The molecule has 8 nitrogen and oxygen atoms in total. The topological polar surface area (TPSA) is 87.4 Å². The average Bonchev–Trinajstić information content (AvgIpc) is 3.41. The van der Waals surface area contributed by atoms with Gasteiger partial charge in [-0.3, -0.25) is 14.7 Å². The number of pyridine rings is 1. The molecule has 1 fully saturated rings. The molecule has 1 N–H and O–H groups in total. The molecule has 3 heterocycles. The number of nitrogens with one attached hydrogen (secondary N) is 1. The highest BCUT2D eigenvalue weighted by molar-refractivity contribution is 6.03. The number of benzene rings is 2. The second-order valence-corrected chi connectivity index (χ2v) is 8.56. The molecule has 0 spiro atoms. The van der Waals surface area contributed by atoms with Gasteiger partial charge in [-0.2, -0.15) is 18.2 Å². The minimum atomic E-state index is -4.57. The van der Waals surface area contributed by atoms with Gasteiger partial charge in [-0.15, -0.1) is 0 Å². The van der Waals surface area contributed by atoms with Crippen LogP contribution in [0.5, 0.6) is 0 Å². The number of hydrogen-bond donors (Lipinski definition) is 1. The maximum absolute atomic E-state index is 13.5. The molecule has 1 aliphatic heterocycles. The largest absolute Gasteiger partial charge is 0.416 e. The van der Waals surface area contributed by atoms with Gasteiger partial charge in [0.15, 0.2) is 0 Å². The Hall–Kier alpha value is -4.25. The number of aromatic nitrogens is 3. The molecular weight excluding hydrogens is 485 g/mol. The molecule has 0 bridgehead atoms. The summed E-state index contributed by atoms with van der Waals surface area (Å²) in [4.78, 5) is 25.5. The smallest absolute Gasteiger partial charge is 0.367 e. The van der Waals surface area contributed by atoms with Gasteiger partial charge in [-0.05, 0) is 30.3 Å². The van der Waals surface area contributed by atoms with Crippen LogP contribution in [0.25, 0.3) is 11.4 Å². The Morgan fingerprint density at radius 1 is 0.973 bits per heavy atom. The zero-order chi connectivity index (χ0) is 25.8. The van der Waals surface area contributed by atoms with E-state index in [4.69, 9.17) is 4.52 Å². The fraction of sp³-hybridized carbons (Fsp3) is 0.231. The van der Waals surface area contributed by atoms with E-state index in [9.17, 15) is 18.0 Å². The van der Waals surface area contributed by atoms with Crippen molar-refractivity contribution in [2.75, 3.05) is 36.4 Å². The number of rotatable bonds is 6. The number of anilines is 2. The summed E-state index contributed by atoms with van der Waals surface area (Å²) in [5.74, 6) is -0.925. The van der Waals surface area contributed by atoms with E-state index in [2.05, 4.69) is 25.3 Å². The summed E-state index contributed by atoms with van der Waals surface area (Å²) in [6.07, 6.45) is -2.82. The Balaban J connectivity index is 1.34. The van der Waals surface area contributed by atoms with Crippen molar-refractivity contribution in [1.29, 1.82) is 0 Å². The normalized spacial score (nSPS) is 14.5. The molecule has 0 aliphatic carbocycles. The number of alkyl halides is 3. The molecule has 0 atom stereocenters. The predicted molar refractivity (Wildman–Crippen MR) is 131 cm³/mol. The Morgan fingerprint density at radius 3 is 2.43 bits per heavy atom. The van der Waals surface area contributed by atoms with Crippen molar-refractivity contribution in [3.05, 3.63) is 90.1 Å². The predicted octanol–water partition coefficient (Wildman–Crippen LogP) is 4.72. The number of carbonyl (C=O) groups excluding carboxylic acids is 1. The van der Waals surface area contributed by atoms with Crippen LogP contribution in [0.4, 0.5) is 24.5 Å². The van der Waals surface area contributed by atoms with Crippen LogP contribution in [0.3, 0.4) is 0 Å². The van der Waals surface area contributed by atoms with Crippen LogP contribution in [0.1, 0.15) is 21.9 Å². The van der Waals surface area contributed by atoms with Crippen molar-refractivity contribution < 1.29 is 22.5 Å². The fourth-order valence-corrected chi connectivity index (χ4v) is 4.15. The first-order chi connectivity index (χ1) is 17.9. The number of halogens is 3. The van der Waals surface area contributed by atoms with E-state index in [1.165, 1.54) is 6.07 Å². The van der Waals surface area contributed by atoms with Gasteiger partial charge in [0.25, 0.3) is 0 Å². The standard InChI is InChI=1S/C26H23F3N6O2/c27-26(28,29)19-9-10-22(35-14-12-34(13-15-35)17-20-8-4-5-11-30-20)21(16-19)31-24(36)25-32-23(33-37-25)18-6-2-1-3-7-18/h1-11,16H,12-15,17H2,(H,31,36). The van der Waals surface area contributed by atoms with Crippen molar-refractivity contribution >= 4 is 17.3 Å². The van der Waals surface area contributed by atoms with Crippen molar-refractivity contribution in [1.82, 2.24) is 20.0 Å². The third kappa shape index (κ3) is 5.78. The summed E-state index contributed by atoms with van der Waals surface area (Å²) < 4.78 is 45.5. The van der Waals surface area contributed by atoms with Crippen LogP contribution in [-0.2, 0) is 12.7 Å². The lowest BCUT2D eigenvalue weighted by Gasteiger charge is -2.37. The Labute approximate surface area is 210 Å². The third-order valence-corrected chi connectivity index (χ3v) is 6.05. The van der Waals surface area contributed by atoms with E-state index in [0.717, 1.165) is 17.8 Å². The zero-order valence-corrected chi connectivity index (χ0v) is 19.7. The van der Waals surface area contributed by atoms with E-state index < -0.39 is 17.6 Å². The molecule has 11 heteroatoms. The number of nitrogens with zero attached hydrogens (tertiary/aromatic N) is 5. The molecule has 2 aromatic carbocycles. The lowest BCUT2D eigenvalue weighted by atomic mass is 10.1. The van der Waals surface area contributed by atoms with Crippen LogP contribution in [0.15, 0.2) is 77.4 Å². The molecule has 2 aromatic heterocycles. The monoisotopic (exact) mass is 508 g/mol. The summed E-state index contributed by atoms with van der Waals surface area (Å²) in [5, 5.41) is 6.36. The molecular formula is C26H23F3N6O2. The lowest BCUT2D eigenvalue weighted by molar-refractivity contribution is -0.137. The number of carbonyl (C=O) groups is 1. The molecule has 1 aliphatic rings. The van der Waals surface area contributed by atoms with Crippen LogP contribution in [0, 0.1) is 0 Å². The molecule has 1 amide bonds. The summed E-state index contributed by atoms with van der Waals surface area (Å²) in [7, 11) is 0. The second-order valence-electron chi connectivity index (χ2n) is 8.56. The van der Waals surface area contributed by atoms with Crippen LogP contribution in [-0.4, -0.2) is 52.1 Å². The van der Waals surface area contributed by atoms with Crippen LogP contribution < -0.4 is 10.2 Å². The molecule has 1 saturated heterocycles. The minimum absolute atomic E-state index is 0.0254. The fourth-order valence-electron chi connectivity index (χ4n) is 4.15. The van der Waals surface area contributed by atoms with Gasteiger partial charge in [-0.1, -0.05) is 41.6 Å². The first kappa shape index (κ1) is 24.4.